The van der Waals surface area contributed by atoms with Crippen LogP contribution in [-0.4, -0.2) is 17.9 Å². The molecule has 0 fully saturated rings. The van der Waals surface area contributed by atoms with Crippen molar-refractivity contribution in [2.45, 2.75) is 19.1 Å². The summed E-state index contributed by atoms with van der Waals surface area (Å²) in [7, 11) is 0. The Morgan fingerprint density at radius 1 is 1.00 bits per heavy atom. The molecule has 3 aromatic carbocycles. The summed E-state index contributed by atoms with van der Waals surface area (Å²) in [6.07, 6.45) is -0.659. The molecular formula is C23H19BrN2O3. The number of carbonyl (C=O) groups excluding carboxylic acids is 2. The molecule has 2 atom stereocenters. The summed E-state index contributed by atoms with van der Waals surface area (Å²) in [6, 6.07) is 22.4. The number of fused-ring (bicyclic) bond motifs is 1. The fraction of sp³-hybridized carbons (Fsp3) is 0.130. The van der Waals surface area contributed by atoms with E-state index in [-0.39, 0.29) is 17.9 Å². The van der Waals surface area contributed by atoms with E-state index in [1.807, 2.05) is 54.6 Å². The Labute approximate surface area is 177 Å². The number of hydrogen-bond acceptors (Lipinski definition) is 3. The van der Waals surface area contributed by atoms with Gasteiger partial charge in [-0.05, 0) is 42.3 Å². The zero-order valence-corrected chi connectivity index (χ0v) is 17.3. The van der Waals surface area contributed by atoms with Crippen molar-refractivity contribution < 1.29 is 14.3 Å². The van der Waals surface area contributed by atoms with E-state index in [0.717, 1.165) is 15.6 Å². The van der Waals surface area contributed by atoms with Crippen LogP contribution in [0.25, 0.3) is 0 Å². The minimum atomic E-state index is -0.659. The Morgan fingerprint density at radius 2 is 1.69 bits per heavy atom. The minimum absolute atomic E-state index is 0.230. The van der Waals surface area contributed by atoms with Gasteiger partial charge >= 0.3 is 0 Å². The van der Waals surface area contributed by atoms with Crippen LogP contribution >= 0.6 is 15.9 Å². The van der Waals surface area contributed by atoms with Crippen LogP contribution in [0.5, 0.6) is 5.75 Å². The molecule has 1 aliphatic rings. The van der Waals surface area contributed by atoms with E-state index < -0.39 is 6.10 Å². The maximum Gasteiger partial charge on any atom is 0.265 e. The van der Waals surface area contributed by atoms with Crippen molar-refractivity contribution in [3.63, 3.8) is 0 Å². The first-order valence-corrected chi connectivity index (χ1v) is 10.0. The summed E-state index contributed by atoms with van der Waals surface area (Å²) < 4.78 is 6.69. The predicted molar refractivity (Wildman–Crippen MR) is 115 cm³/mol. The van der Waals surface area contributed by atoms with Gasteiger partial charge in [-0.3, -0.25) is 9.59 Å². The third-order valence-electron chi connectivity index (χ3n) is 4.79. The molecule has 29 heavy (non-hydrogen) atoms. The Kier molecular flexibility index (Phi) is 5.36. The smallest absolute Gasteiger partial charge is 0.265 e. The molecule has 0 spiro atoms. The maximum absolute atomic E-state index is 13.2. The first-order valence-electron chi connectivity index (χ1n) is 9.25. The first kappa shape index (κ1) is 19.2. The topological polar surface area (TPSA) is 67.4 Å². The predicted octanol–water partition coefficient (Wildman–Crippen LogP) is 4.69. The maximum atomic E-state index is 13.2. The van der Waals surface area contributed by atoms with Crippen LogP contribution < -0.4 is 15.4 Å². The summed E-state index contributed by atoms with van der Waals surface area (Å²) in [5.41, 5.74) is 2.81. The zero-order valence-electron chi connectivity index (χ0n) is 15.7. The van der Waals surface area contributed by atoms with E-state index >= 15 is 0 Å². The molecule has 3 aromatic rings. The van der Waals surface area contributed by atoms with Gasteiger partial charge in [0.15, 0.2) is 11.9 Å². The van der Waals surface area contributed by atoms with E-state index in [9.17, 15) is 9.59 Å². The lowest BCUT2D eigenvalue weighted by atomic mass is 9.98. The second kappa shape index (κ2) is 8.09. The van der Waals surface area contributed by atoms with Crippen molar-refractivity contribution in [3.8, 4) is 5.75 Å². The second-order valence-electron chi connectivity index (χ2n) is 6.80. The summed E-state index contributed by atoms with van der Waals surface area (Å²) in [5.74, 6) is -0.117. The molecule has 0 radical (unpaired) electrons. The second-order valence-corrected chi connectivity index (χ2v) is 7.72. The lowest BCUT2D eigenvalue weighted by Gasteiger charge is -2.26. The number of para-hydroxylation sites is 1. The lowest BCUT2D eigenvalue weighted by molar-refractivity contribution is -0.122. The third-order valence-corrected chi connectivity index (χ3v) is 5.32. The number of benzene rings is 3. The standard InChI is InChI=1S/C23H19BrN2O3/c1-14-22(27)25-19-9-5-8-18(21(19)29-14)23(28)26-20(15-6-3-2-4-7-15)16-10-12-17(24)13-11-16/h2-14,20H,1H3,(H,25,27)(H,26,28). The average Bonchev–Trinajstić information content (AvgIpc) is 2.74. The normalized spacial score (nSPS) is 16.2. The molecule has 6 heteroatoms. The highest BCUT2D eigenvalue weighted by Crippen LogP contribution is 2.34. The van der Waals surface area contributed by atoms with Crippen molar-refractivity contribution in [2.75, 3.05) is 5.32 Å². The summed E-state index contributed by atoms with van der Waals surface area (Å²) in [5, 5.41) is 5.89. The number of carbonyl (C=O) groups is 2. The molecule has 146 valence electrons. The monoisotopic (exact) mass is 450 g/mol. The molecule has 4 rings (SSSR count). The van der Waals surface area contributed by atoms with Crippen LogP contribution in [-0.2, 0) is 4.79 Å². The molecule has 2 N–H and O–H groups in total. The Morgan fingerprint density at radius 3 is 2.41 bits per heavy atom. The van der Waals surface area contributed by atoms with E-state index in [0.29, 0.717) is 17.0 Å². The fourth-order valence-corrected chi connectivity index (χ4v) is 3.54. The molecule has 5 nitrogen and oxygen atoms in total. The van der Waals surface area contributed by atoms with Gasteiger partial charge in [-0.15, -0.1) is 0 Å². The molecule has 1 heterocycles. The number of halogens is 1. The van der Waals surface area contributed by atoms with Crippen LogP contribution in [0.4, 0.5) is 5.69 Å². The molecular weight excluding hydrogens is 432 g/mol. The number of rotatable bonds is 4. The number of ether oxygens (including phenoxy) is 1. The van der Waals surface area contributed by atoms with E-state index in [1.165, 1.54) is 0 Å². The molecule has 2 unspecified atom stereocenters. The minimum Gasteiger partial charge on any atom is -0.478 e. The summed E-state index contributed by atoms with van der Waals surface area (Å²) >= 11 is 3.45. The van der Waals surface area contributed by atoms with Gasteiger partial charge in [0.1, 0.15) is 0 Å². The molecule has 0 bridgehead atoms. The zero-order chi connectivity index (χ0) is 20.4. The average molecular weight is 451 g/mol. The van der Waals surface area contributed by atoms with Crippen LogP contribution in [0, 0.1) is 0 Å². The van der Waals surface area contributed by atoms with Gasteiger partial charge in [0.05, 0.1) is 17.3 Å². The largest absolute Gasteiger partial charge is 0.478 e. The molecule has 1 aliphatic heterocycles. The molecule has 2 amide bonds. The van der Waals surface area contributed by atoms with Crippen molar-refractivity contribution in [1.29, 1.82) is 0 Å². The van der Waals surface area contributed by atoms with Gasteiger partial charge in [-0.1, -0.05) is 64.5 Å². The molecule has 0 aliphatic carbocycles. The highest BCUT2D eigenvalue weighted by atomic mass is 79.9. The number of hydrogen-bond donors (Lipinski definition) is 2. The van der Waals surface area contributed by atoms with E-state index in [1.54, 1.807) is 25.1 Å². The van der Waals surface area contributed by atoms with Gasteiger partial charge in [0, 0.05) is 4.47 Å². The molecule has 0 saturated heterocycles. The van der Waals surface area contributed by atoms with Crippen molar-refractivity contribution in [2.24, 2.45) is 0 Å². The Bertz CT molecular complexity index is 1050. The molecule has 0 aromatic heterocycles. The SMILES string of the molecule is CC1Oc2c(cccc2C(=O)NC(c2ccccc2)c2ccc(Br)cc2)NC1=O. The van der Waals surface area contributed by atoms with Gasteiger partial charge in [0.2, 0.25) is 0 Å². The summed E-state index contributed by atoms with van der Waals surface area (Å²) in [6.45, 7) is 1.65. The van der Waals surface area contributed by atoms with Gasteiger partial charge in [-0.2, -0.15) is 0 Å². The van der Waals surface area contributed by atoms with Gasteiger partial charge in [0.25, 0.3) is 11.8 Å². The van der Waals surface area contributed by atoms with Crippen LogP contribution in [0.2, 0.25) is 0 Å². The van der Waals surface area contributed by atoms with Crippen LogP contribution in [0.15, 0.2) is 77.3 Å². The quantitative estimate of drug-likeness (QED) is 0.605. The number of nitrogens with one attached hydrogen (secondary N) is 2. The Hall–Kier alpha value is -3.12. The Balaban J connectivity index is 1.69. The highest BCUT2D eigenvalue weighted by Gasteiger charge is 2.28. The summed E-state index contributed by atoms with van der Waals surface area (Å²) in [4.78, 5) is 25.1. The fourth-order valence-electron chi connectivity index (χ4n) is 3.27. The van der Waals surface area contributed by atoms with Crippen molar-refractivity contribution in [3.05, 3.63) is 94.0 Å². The third kappa shape index (κ3) is 4.03. The van der Waals surface area contributed by atoms with Gasteiger partial charge < -0.3 is 15.4 Å². The van der Waals surface area contributed by atoms with Crippen LogP contribution in [0.3, 0.4) is 0 Å². The molecule has 0 saturated carbocycles. The van der Waals surface area contributed by atoms with E-state index in [2.05, 4.69) is 26.6 Å². The van der Waals surface area contributed by atoms with Crippen LogP contribution in [0.1, 0.15) is 34.5 Å². The van der Waals surface area contributed by atoms with E-state index in [4.69, 9.17) is 4.74 Å². The number of anilines is 1. The van der Waals surface area contributed by atoms with Gasteiger partial charge in [-0.25, -0.2) is 0 Å². The highest BCUT2D eigenvalue weighted by molar-refractivity contribution is 9.10. The lowest BCUT2D eigenvalue weighted by Crippen LogP contribution is -2.36. The van der Waals surface area contributed by atoms with Crippen molar-refractivity contribution in [1.82, 2.24) is 5.32 Å². The first-order chi connectivity index (χ1) is 14.0. The number of amides is 2. The van der Waals surface area contributed by atoms with Crippen molar-refractivity contribution >= 4 is 33.4 Å².